The molecule has 1 aliphatic rings. The zero-order chi connectivity index (χ0) is 20.4. The smallest absolute Gasteiger partial charge is 0.264 e. The van der Waals surface area contributed by atoms with E-state index in [-0.39, 0.29) is 10.8 Å². The summed E-state index contributed by atoms with van der Waals surface area (Å²) in [7, 11) is -3.94. The van der Waals surface area contributed by atoms with Crippen molar-refractivity contribution in [1.29, 1.82) is 0 Å². The number of amides is 1. The van der Waals surface area contributed by atoms with Crippen molar-refractivity contribution in [3.05, 3.63) is 47.5 Å². The maximum atomic E-state index is 13.2. The highest BCUT2D eigenvalue weighted by molar-refractivity contribution is 7.93. The summed E-state index contributed by atoms with van der Waals surface area (Å²) in [5.74, 6) is -0.140. The molecule has 0 radical (unpaired) electrons. The van der Waals surface area contributed by atoms with E-state index in [1.807, 2.05) is 13.0 Å². The summed E-state index contributed by atoms with van der Waals surface area (Å²) >= 11 is 0.969. The summed E-state index contributed by atoms with van der Waals surface area (Å²) in [6, 6.07) is 10.2. The Morgan fingerprint density at radius 3 is 2.69 bits per heavy atom. The van der Waals surface area contributed by atoms with Crippen molar-refractivity contribution in [2.24, 2.45) is 0 Å². The molecule has 3 aromatic rings. The van der Waals surface area contributed by atoms with E-state index >= 15 is 0 Å². The first kappa shape index (κ1) is 19.8. The van der Waals surface area contributed by atoms with E-state index in [1.165, 1.54) is 6.07 Å². The van der Waals surface area contributed by atoms with Gasteiger partial charge in [0.2, 0.25) is 0 Å². The summed E-state index contributed by atoms with van der Waals surface area (Å²) < 4.78 is 37.2. The van der Waals surface area contributed by atoms with Crippen LogP contribution in [0.4, 0.5) is 5.69 Å². The molecule has 0 bridgehead atoms. The maximum absolute atomic E-state index is 13.2. The van der Waals surface area contributed by atoms with Gasteiger partial charge in [-0.1, -0.05) is 19.1 Å². The van der Waals surface area contributed by atoms with Crippen molar-refractivity contribution in [1.82, 2.24) is 13.6 Å². The first-order valence-electron chi connectivity index (χ1n) is 9.66. The number of piperidine rings is 1. The average Bonchev–Trinajstić information content (AvgIpc) is 3.22. The van der Waals surface area contributed by atoms with Crippen molar-refractivity contribution in [2.75, 3.05) is 17.8 Å². The van der Waals surface area contributed by atoms with E-state index in [1.54, 1.807) is 29.2 Å². The number of hydrogen-bond donors (Lipinski definition) is 1. The molecule has 9 heteroatoms. The third kappa shape index (κ3) is 3.97. The van der Waals surface area contributed by atoms with Gasteiger partial charge < -0.3 is 4.90 Å². The summed E-state index contributed by atoms with van der Waals surface area (Å²) in [6.45, 7) is 3.39. The number of nitrogens with zero attached hydrogens (tertiary/aromatic N) is 3. The van der Waals surface area contributed by atoms with Gasteiger partial charge in [-0.05, 0) is 55.5 Å². The van der Waals surface area contributed by atoms with Crippen molar-refractivity contribution in [3.63, 3.8) is 0 Å². The molecule has 2 heterocycles. The lowest BCUT2D eigenvalue weighted by Gasteiger charge is -2.27. The molecule has 7 nitrogen and oxygen atoms in total. The van der Waals surface area contributed by atoms with Crippen LogP contribution < -0.4 is 4.72 Å². The first-order chi connectivity index (χ1) is 14.0. The van der Waals surface area contributed by atoms with E-state index in [2.05, 4.69) is 13.5 Å². The molecular formula is C20H22N4O3S2. The van der Waals surface area contributed by atoms with Gasteiger partial charge in [-0.3, -0.25) is 9.52 Å². The lowest BCUT2D eigenvalue weighted by Crippen LogP contribution is -2.36. The molecule has 152 valence electrons. The Labute approximate surface area is 174 Å². The fourth-order valence-electron chi connectivity index (χ4n) is 3.55. The Morgan fingerprint density at radius 1 is 1.14 bits per heavy atom. The number of sulfonamides is 1. The molecule has 1 amide bonds. The number of hydrogen-bond acceptors (Lipinski definition) is 6. The summed E-state index contributed by atoms with van der Waals surface area (Å²) in [4.78, 5) is 14.9. The van der Waals surface area contributed by atoms with E-state index < -0.39 is 10.0 Å². The Kier molecular flexibility index (Phi) is 5.51. The van der Waals surface area contributed by atoms with Crippen LogP contribution in [0.3, 0.4) is 0 Å². The van der Waals surface area contributed by atoms with Crippen LogP contribution in [-0.2, 0) is 16.4 Å². The molecule has 0 atom stereocenters. The van der Waals surface area contributed by atoms with Gasteiger partial charge in [-0.2, -0.15) is 8.75 Å². The molecular weight excluding hydrogens is 408 g/mol. The second-order valence-corrected chi connectivity index (χ2v) is 9.26. The predicted octanol–water partition coefficient (Wildman–Crippen LogP) is 3.68. The van der Waals surface area contributed by atoms with Crippen LogP contribution in [0, 0.1) is 0 Å². The van der Waals surface area contributed by atoms with E-state index in [0.717, 1.165) is 43.0 Å². The largest absolute Gasteiger partial charge is 0.339 e. The molecule has 4 rings (SSSR count). The minimum absolute atomic E-state index is 0.0574. The lowest BCUT2D eigenvalue weighted by atomic mass is 10.0. The second-order valence-electron chi connectivity index (χ2n) is 7.08. The summed E-state index contributed by atoms with van der Waals surface area (Å²) in [5.41, 5.74) is 2.49. The normalized spacial score (nSPS) is 14.9. The van der Waals surface area contributed by atoms with Crippen LogP contribution in [0.15, 0.2) is 41.3 Å². The Hall–Kier alpha value is -2.52. The van der Waals surface area contributed by atoms with Crippen molar-refractivity contribution >= 4 is 44.4 Å². The van der Waals surface area contributed by atoms with Crippen LogP contribution in [0.25, 0.3) is 11.0 Å². The van der Waals surface area contributed by atoms with Gasteiger partial charge in [-0.15, -0.1) is 0 Å². The monoisotopic (exact) mass is 430 g/mol. The molecule has 0 spiro atoms. The number of likely N-dealkylation sites (tertiary alicyclic amines) is 1. The number of nitrogens with one attached hydrogen (secondary N) is 1. The number of carbonyl (C=O) groups is 1. The number of fused-ring (bicyclic) bond motifs is 1. The zero-order valence-corrected chi connectivity index (χ0v) is 17.7. The van der Waals surface area contributed by atoms with Gasteiger partial charge in [-0.25, -0.2) is 8.42 Å². The van der Waals surface area contributed by atoms with Crippen LogP contribution in [0.5, 0.6) is 0 Å². The highest BCUT2D eigenvalue weighted by Crippen LogP contribution is 2.27. The van der Waals surface area contributed by atoms with Gasteiger partial charge in [0.05, 0.1) is 23.0 Å². The summed E-state index contributed by atoms with van der Waals surface area (Å²) in [6.07, 6.45) is 3.79. The van der Waals surface area contributed by atoms with E-state index in [0.29, 0.717) is 35.4 Å². The van der Waals surface area contributed by atoms with Crippen molar-refractivity contribution in [3.8, 4) is 0 Å². The molecule has 1 saturated heterocycles. The first-order valence-corrected chi connectivity index (χ1v) is 11.9. The second kappa shape index (κ2) is 8.08. The average molecular weight is 431 g/mol. The van der Waals surface area contributed by atoms with Crippen LogP contribution in [0.2, 0.25) is 0 Å². The lowest BCUT2D eigenvalue weighted by molar-refractivity contribution is 0.0725. The summed E-state index contributed by atoms with van der Waals surface area (Å²) in [5, 5.41) is 0. The Bertz CT molecular complexity index is 1150. The fourth-order valence-corrected chi connectivity index (χ4v) is 5.39. The minimum atomic E-state index is -3.94. The number of anilines is 1. The molecule has 1 aromatic heterocycles. The number of aromatic nitrogens is 2. The van der Waals surface area contributed by atoms with Gasteiger partial charge in [0.25, 0.3) is 15.9 Å². The molecule has 0 unspecified atom stereocenters. The third-order valence-electron chi connectivity index (χ3n) is 5.15. The molecule has 1 N–H and O–H groups in total. The molecule has 0 aliphatic carbocycles. The number of aryl methyl sites for hydroxylation is 1. The van der Waals surface area contributed by atoms with Gasteiger partial charge in [0.15, 0.2) is 0 Å². The van der Waals surface area contributed by atoms with Crippen molar-refractivity contribution in [2.45, 2.75) is 37.5 Å². The fraction of sp³-hybridized carbons (Fsp3) is 0.350. The van der Waals surface area contributed by atoms with Gasteiger partial charge >= 0.3 is 0 Å². The topological polar surface area (TPSA) is 92.3 Å². The van der Waals surface area contributed by atoms with Gasteiger partial charge in [0.1, 0.15) is 15.9 Å². The van der Waals surface area contributed by atoms with Crippen LogP contribution >= 0.6 is 11.7 Å². The number of carbonyl (C=O) groups excluding carboxylic acids is 1. The molecule has 0 saturated carbocycles. The van der Waals surface area contributed by atoms with E-state index in [9.17, 15) is 13.2 Å². The zero-order valence-electron chi connectivity index (χ0n) is 16.1. The van der Waals surface area contributed by atoms with Crippen molar-refractivity contribution < 1.29 is 13.2 Å². The number of benzene rings is 2. The number of rotatable bonds is 5. The standard InChI is InChI=1S/C20H22N4O3S2/c1-2-14-9-10-15(20(25)24-11-4-3-5-12-24)17(13-14)23-29(26,27)18-8-6-7-16-19(18)22-28-21-16/h6-10,13,23H,2-5,11-12H2,1H3. The molecule has 29 heavy (non-hydrogen) atoms. The predicted molar refractivity (Wildman–Crippen MR) is 114 cm³/mol. The molecule has 2 aromatic carbocycles. The molecule has 1 fully saturated rings. The highest BCUT2D eigenvalue weighted by atomic mass is 32.2. The third-order valence-corrected chi connectivity index (χ3v) is 7.09. The minimum Gasteiger partial charge on any atom is -0.339 e. The maximum Gasteiger partial charge on any atom is 0.264 e. The quantitative estimate of drug-likeness (QED) is 0.667. The van der Waals surface area contributed by atoms with Crippen LogP contribution in [0.1, 0.15) is 42.1 Å². The Balaban J connectivity index is 1.73. The van der Waals surface area contributed by atoms with Gasteiger partial charge in [0, 0.05) is 13.1 Å². The molecule has 1 aliphatic heterocycles. The Morgan fingerprint density at radius 2 is 1.93 bits per heavy atom. The highest BCUT2D eigenvalue weighted by Gasteiger charge is 2.25. The van der Waals surface area contributed by atoms with E-state index in [4.69, 9.17) is 0 Å². The SMILES string of the molecule is CCc1ccc(C(=O)N2CCCCC2)c(NS(=O)(=O)c2cccc3nsnc23)c1. The van der Waals surface area contributed by atoms with Crippen LogP contribution in [-0.4, -0.2) is 41.1 Å².